The number of esters is 1. The average Bonchev–Trinajstić information content (AvgIpc) is 3.12. The van der Waals surface area contributed by atoms with E-state index in [1.54, 1.807) is 23.9 Å². The maximum atomic E-state index is 12.9. The van der Waals surface area contributed by atoms with E-state index in [1.807, 2.05) is 59.4 Å². The van der Waals surface area contributed by atoms with Gasteiger partial charge in [-0.3, -0.25) is 4.79 Å². The molecule has 1 amide bonds. The molecule has 5 nitrogen and oxygen atoms in total. The summed E-state index contributed by atoms with van der Waals surface area (Å²) in [5.41, 5.74) is 1.99. The molecule has 1 heterocycles. The lowest BCUT2D eigenvalue weighted by Crippen LogP contribution is -2.18. The van der Waals surface area contributed by atoms with E-state index in [0.717, 1.165) is 33.3 Å². The number of thioether (sulfide) groups is 1. The Hall–Kier alpha value is -2.90. The fourth-order valence-corrected chi connectivity index (χ4v) is 4.73. The van der Waals surface area contributed by atoms with Crippen LogP contribution in [0.15, 0.2) is 65.7 Å². The minimum atomic E-state index is -0.383. The van der Waals surface area contributed by atoms with E-state index < -0.39 is 0 Å². The number of rotatable bonds is 5. The van der Waals surface area contributed by atoms with E-state index in [0.29, 0.717) is 15.9 Å². The molecule has 7 heteroatoms. The second kappa shape index (κ2) is 8.85. The van der Waals surface area contributed by atoms with Gasteiger partial charge in [0.05, 0.1) is 22.9 Å². The molecule has 0 fully saturated rings. The number of amides is 1. The number of aromatic nitrogens is 1. The Balaban J connectivity index is 1.80. The molecule has 1 aromatic heterocycles. The molecule has 0 radical (unpaired) electrons. The van der Waals surface area contributed by atoms with Gasteiger partial charge < -0.3 is 9.30 Å². The van der Waals surface area contributed by atoms with Crippen LogP contribution in [-0.4, -0.2) is 35.6 Å². The van der Waals surface area contributed by atoms with E-state index in [2.05, 4.69) is 4.99 Å². The zero-order chi connectivity index (χ0) is 21.1. The van der Waals surface area contributed by atoms with Crippen molar-refractivity contribution < 1.29 is 14.3 Å². The van der Waals surface area contributed by atoms with Crippen LogP contribution in [0.4, 0.5) is 0 Å². The number of methoxy groups -OCH3 is 1. The van der Waals surface area contributed by atoms with Gasteiger partial charge in [-0.25, -0.2) is 4.79 Å². The number of hydrogen-bond donors (Lipinski definition) is 0. The van der Waals surface area contributed by atoms with Gasteiger partial charge in [-0.15, -0.1) is 0 Å². The lowest BCUT2D eigenvalue weighted by molar-refractivity contribution is 0.0601. The van der Waals surface area contributed by atoms with Gasteiger partial charge in [0.1, 0.15) is 0 Å². The number of carbonyl (C=O) groups excluding carboxylic acids is 2. The molecule has 4 rings (SSSR count). The van der Waals surface area contributed by atoms with Gasteiger partial charge in [-0.1, -0.05) is 41.7 Å². The molecule has 0 aliphatic heterocycles. The Morgan fingerprint density at radius 3 is 2.57 bits per heavy atom. The number of carbonyl (C=O) groups is 2. The smallest absolute Gasteiger partial charge is 0.337 e. The lowest BCUT2D eigenvalue weighted by atomic mass is 10.1. The van der Waals surface area contributed by atoms with Gasteiger partial charge in [-0.05, 0) is 47.4 Å². The third-order valence-electron chi connectivity index (χ3n) is 4.82. The second-order valence-corrected chi connectivity index (χ2v) is 8.68. The molecule has 0 N–H and O–H groups in total. The predicted molar refractivity (Wildman–Crippen MR) is 123 cm³/mol. The van der Waals surface area contributed by atoms with E-state index in [9.17, 15) is 9.59 Å². The first-order valence-electron chi connectivity index (χ1n) is 9.39. The fraction of sp³-hybridized carbons (Fsp3) is 0.174. The molecular formula is C23H20N2O3S2. The maximum absolute atomic E-state index is 12.9. The third kappa shape index (κ3) is 4.04. The number of thiazole rings is 1. The van der Waals surface area contributed by atoms with Crippen molar-refractivity contribution in [3.05, 3.63) is 76.6 Å². The van der Waals surface area contributed by atoms with Gasteiger partial charge in [-0.2, -0.15) is 16.8 Å². The molecule has 0 bridgehead atoms. The molecule has 0 atom stereocenters. The quantitative estimate of drug-likeness (QED) is 0.424. The molecule has 0 aliphatic rings. The molecule has 30 heavy (non-hydrogen) atoms. The molecule has 0 aliphatic carbocycles. The van der Waals surface area contributed by atoms with Crippen molar-refractivity contribution in [2.45, 2.75) is 6.54 Å². The van der Waals surface area contributed by atoms with Crippen LogP contribution in [-0.2, 0) is 11.3 Å². The number of nitrogens with zero attached hydrogens (tertiary/aromatic N) is 2. The summed E-state index contributed by atoms with van der Waals surface area (Å²) >= 11 is 3.13. The first-order valence-corrected chi connectivity index (χ1v) is 11.6. The van der Waals surface area contributed by atoms with E-state index >= 15 is 0 Å². The third-order valence-corrected chi connectivity index (χ3v) is 6.45. The van der Waals surface area contributed by atoms with Crippen LogP contribution in [0.3, 0.4) is 0 Å². The first kappa shape index (κ1) is 20.4. The van der Waals surface area contributed by atoms with E-state index in [1.165, 1.54) is 18.4 Å². The highest BCUT2D eigenvalue weighted by Gasteiger charge is 2.13. The van der Waals surface area contributed by atoms with Gasteiger partial charge in [0, 0.05) is 17.9 Å². The van der Waals surface area contributed by atoms with Crippen molar-refractivity contribution in [2.24, 2.45) is 4.99 Å². The Kier molecular flexibility index (Phi) is 6.01. The Morgan fingerprint density at radius 2 is 1.80 bits per heavy atom. The fourth-order valence-electron chi connectivity index (χ4n) is 3.28. The standard InChI is InChI=1S/C23H20N2O3S2/c1-28-22(27)18-9-10-19-20(14-18)30-23(25(19)11-12-29-2)24-21(26)17-8-7-15-5-3-4-6-16(15)13-17/h3-10,13-14H,11-12H2,1-2H3. The summed E-state index contributed by atoms with van der Waals surface area (Å²) in [7, 11) is 1.36. The average molecular weight is 437 g/mol. The van der Waals surface area contributed by atoms with E-state index in [-0.39, 0.29) is 11.9 Å². The molecule has 3 aromatic carbocycles. The van der Waals surface area contributed by atoms with Gasteiger partial charge in [0.25, 0.3) is 5.91 Å². The monoisotopic (exact) mass is 436 g/mol. The highest BCUT2D eigenvalue weighted by atomic mass is 32.2. The van der Waals surface area contributed by atoms with Gasteiger partial charge in [0.15, 0.2) is 4.80 Å². The maximum Gasteiger partial charge on any atom is 0.337 e. The van der Waals surface area contributed by atoms with Crippen molar-refractivity contribution in [3.8, 4) is 0 Å². The summed E-state index contributed by atoms with van der Waals surface area (Å²) in [6.45, 7) is 0.725. The molecule has 0 saturated heterocycles. The molecule has 4 aromatic rings. The number of ether oxygens (including phenoxy) is 1. The van der Waals surface area contributed by atoms with Gasteiger partial charge in [0.2, 0.25) is 0 Å². The van der Waals surface area contributed by atoms with Crippen LogP contribution in [0.5, 0.6) is 0 Å². The van der Waals surface area contributed by atoms with Crippen molar-refractivity contribution in [3.63, 3.8) is 0 Å². The highest BCUT2D eigenvalue weighted by molar-refractivity contribution is 7.98. The second-order valence-electron chi connectivity index (χ2n) is 6.68. The molecule has 0 spiro atoms. The minimum Gasteiger partial charge on any atom is -0.465 e. The Labute approximate surface area is 182 Å². The Morgan fingerprint density at radius 1 is 1.03 bits per heavy atom. The van der Waals surface area contributed by atoms with Crippen LogP contribution < -0.4 is 4.80 Å². The van der Waals surface area contributed by atoms with Crippen molar-refractivity contribution in [1.29, 1.82) is 0 Å². The summed E-state index contributed by atoms with van der Waals surface area (Å²) in [6.07, 6.45) is 2.04. The number of hydrogen-bond acceptors (Lipinski definition) is 5. The largest absolute Gasteiger partial charge is 0.465 e. The highest BCUT2D eigenvalue weighted by Crippen LogP contribution is 2.21. The minimum absolute atomic E-state index is 0.279. The molecular weight excluding hydrogens is 416 g/mol. The normalized spacial score (nSPS) is 11.9. The number of fused-ring (bicyclic) bond motifs is 2. The van der Waals surface area contributed by atoms with Crippen molar-refractivity contribution in [2.75, 3.05) is 19.1 Å². The van der Waals surface area contributed by atoms with Crippen LogP contribution in [0.1, 0.15) is 20.7 Å². The first-order chi connectivity index (χ1) is 14.6. The summed E-state index contributed by atoms with van der Waals surface area (Å²) in [5.74, 6) is 0.229. The summed E-state index contributed by atoms with van der Waals surface area (Å²) in [4.78, 5) is 29.9. The number of aryl methyl sites for hydroxylation is 1. The molecule has 0 unspecified atom stereocenters. The predicted octanol–water partition coefficient (Wildman–Crippen LogP) is 4.75. The SMILES string of the molecule is COC(=O)c1ccc2c(c1)sc(=NC(=O)c1ccc3ccccc3c1)n2CCSC. The summed E-state index contributed by atoms with van der Waals surface area (Å²) < 4.78 is 7.75. The summed E-state index contributed by atoms with van der Waals surface area (Å²) in [6, 6.07) is 19.0. The zero-order valence-electron chi connectivity index (χ0n) is 16.6. The lowest BCUT2D eigenvalue weighted by Gasteiger charge is -2.05. The van der Waals surface area contributed by atoms with Crippen molar-refractivity contribution in [1.82, 2.24) is 4.57 Å². The topological polar surface area (TPSA) is 60.7 Å². The van der Waals surface area contributed by atoms with Crippen molar-refractivity contribution >= 4 is 56.0 Å². The van der Waals surface area contributed by atoms with Crippen LogP contribution >= 0.6 is 23.1 Å². The van der Waals surface area contributed by atoms with Crippen LogP contribution in [0, 0.1) is 0 Å². The van der Waals surface area contributed by atoms with Crippen LogP contribution in [0.2, 0.25) is 0 Å². The van der Waals surface area contributed by atoms with Crippen LogP contribution in [0.25, 0.3) is 21.0 Å². The van der Waals surface area contributed by atoms with Gasteiger partial charge >= 0.3 is 5.97 Å². The molecule has 0 saturated carbocycles. The number of benzene rings is 3. The zero-order valence-corrected chi connectivity index (χ0v) is 18.3. The van der Waals surface area contributed by atoms with E-state index in [4.69, 9.17) is 4.74 Å². The summed E-state index contributed by atoms with van der Waals surface area (Å²) in [5, 5.41) is 2.09. The molecule has 152 valence electrons. The Bertz CT molecular complexity index is 1320.